The molecule has 0 aliphatic rings. The van der Waals surface area contributed by atoms with Crippen molar-refractivity contribution in [2.45, 2.75) is 0 Å². The number of carbonyl (C=O) groups excluding carboxylic acids is 1. The molecular formula is C9H9N3O2. The number of hydrogen-bond acceptors (Lipinski definition) is 5. The van der Waals surface area contributed by atoms with Crippen LogP contribution in [0.5, 0.6) is 0 Å². The Morgan fingerprint density at radius 3 is 3.21 bits per heavy atom. The van der Waals surface area contributed by atoms with Gasteiger partial charge >= 0.3 is 0 Å². The molecule has 0 aliphatic carbocycles. The van der Waals surface area contributed by atoms with Crippen molar-refractivity contribution in [3.05, 3.63) is 24.2 Å². The molecule has 0 amide bonds. The van der Waals surface area contributed by atoms with Gasteiger partial charge in [0, 0.05) is 11.8 Å². The summed E-state index contributed by atoms with van der Waals surface area (Å²) in [6.07, 6.45) is 2.80. The van der Waals surface area contributed by atoms with Crippen molar-refractivity contribution >= 4 is 17.0 Å². The van der Waals surface area contributed by atoms with Crippen LogP contribution in [0, 0.1) is 0 Å². The number of Topliss-reactive ketones (excluding diaryl/α,β-unsaturated/α-hetero) is 1. The van der Waals surface area contributed by atoms with Gasteiger partial charge in [-0.25, -0.2) is 9.97 Å². The lowest BCUT2D eigenvalue weighted by Gasteiger charge is -1.97. The van der Waals surface area contributed by atoms with Crippen molar-refractivity contribution in [2.24, 2.45) is 0 Å². The monoisotopic (exact) mass is 191 g/mol. The lowest BCUT2D eigenvalue weighted by Crippen LogP contribution is -2.18. The highest BCUT2D eigenvalue weighted by Gasteiger charge is 2.07. The molecule has 0 atom stereocenters. The highest BCUT2D eigenvalue weighted by atomic mass is 16.3. The second-order valence-corrected chi connectivity index (χ2v) is 2.85. The van der Waals surface area contributed by atoms with Gasteiger partial charge in [-0.2, -0.15) is 0 Å². The fraction of sp³-hybridized carbons (Fsp3) is 0.222. The van der Waals surface area contributed by atoms with E-state index in [1.165, 1.54) is 12.6 Å². The molecule has 0 saturated heterocycles. The summed E-state index contributed by atoms with van der Waals surface area (Å²) in [4.78, 5) is 19.3. The third-order valence-corrected chi connectivity index (χ3v) is 1.85. The number of likely N-dealkylation sites (N-methyl/N-ethyl adjacent to an activating group) is 1. The predicted octanol–water partition coefficient (Wildman–Crippen LogP) is 0.625. The zero-order valence-corrected chi connectivity index (χ0v) is 7.65. The van der Waals surface area contributed by atoms with Gasteiger partial charge in [-0.15, -0.1) is 0 Å². The number of carbonyl (C=O) groups is 1. The van der Waals surface area contributed by atoms with E-state index in [1.54, 1.807) is 13.1 Å². The van der Waals surface area contributed by atoms with Crippen LogP contribution in [0.25, 0.3) is 11.2 Å². The maximum absolute atomic E-state index is 11.4. The molecule has 0 unspecified atom stereocenters. The molecule has 0 bridgehead atoms. The van der Waals surface area contributed by atoms with Crippen LogP contribution in [0.3, 0.4) is 0 Å². The SMILES string of the molecule is CNCC(=O)c1cnc2ocnc2c1. The number of nitrogens with zero attached hydrogens (tertiary/aromatic N) is 2. The summed E-state index contributed by atoms with van der Waals surface area (Å²) in [5, 5.41) is 2.79. The molecule has 1 N–H and O–H groups in total. The van der Waals surface area contributed by atoms with Crippen LogP contribution < -0.4 is 5.32 Å². The molecule has 14 heavy (non-hydrogen) atoms. The van der Waals surface area contributed by atoms with Crippen molar-refractivity contribution in [1.29, 1.82) is 0 Å². The highest BCUT2D eigenvalue weighted by molar-refractivity contribution is 5.99. The van der Waals surface area contributed by atoms with Crippen molar-refractivity contribution < 1.29 is 9.21 Å². The van der Waals surface area contributed by atoms with Crippen LogP contribution in [0.1, 0.15) is 10.4 Å². The molecule has 5 heteroatoms. The van der Waals surface area contributed by atoms with Crippen LogP contribution in [0.2, 0.25) is 0 Å². The molecule has 2 aromatic rings. The first-order chi connectivity index (χ1) is 6.81. The van der Waals surface area contributed by atoms with Crippen molar-refractivity contribution in [3.63, 3.8) is 0 Å². The van der Waals surface area contributed by atoms with Crippen LogP contribution in [0.15, 0.2) is 23.1 Å². The van der Waals surface area contributed by atoms with E-state index in [2.05, 4.69) is 15.3 Å². The van der Waals surface area contributed by atoms with Gasteiger partial charge in [0.25, 0.3) is 0 Å². The largest absolute Gasteiger partial charge is 0.425 e. The molecule has 2 heterocycles. The average molecular weight is 191 g/mol. The highest BCUT2D eigenvalue weighted by Crippen LogP contribution is 2.10. The summed E-state index contributed by atoms with van der Waals surface area (Å²) in [7, 11) is 1.72. The second-order valence-electron chi connectivity index (χ2n) is 2.85. The molecule has 0 radical (unpaired) electrons. The van der Waals surface area contributed by atoms with Gasteiger partial charge in [-0.1, -0.05) is 0 Å². The van der Waals surface area contributed by atoms with Crippen LogP contribution in [0.4, 0.5) is 0 Å². The number of oxazole rings is 1. The smallest absolute Gasteiger partial charge is 0.246 e. The number of nitrogens with one attached hydrogen (secondary N) is 1. The average Bonchev–Trinajstić information content (AvgIpc) is 2.64. The van der Waals surface area contributed by atoms with Gasteiger partial charge in [-0.3, -0.25) is 4.79 Å². The normalized spacial score (nSPS) is 10.6. The van der Waals surface area contributed by atoms with Crippen LogP contribution >= 0.6 is 0 Å². The third kappa shape index (κ3) is 1.49. The van der Waals surface area contributed by atoms with Gasteiger partial charge in [0.15, 0.2) is 12.2 Å². The molecule has 2 aromatic heterocycles. The summed E-state index contributed by atoms with van der Waals surface area (Å²) in [5.41, 5.74) is 1.60. The van der Waals surface area contributed by atoms with Crippen molar-refractivity contribution in [1.82, 2.24) is 15.3 Å². The molecule has 72 valence electrons. The Labute approximate surface area is 80.2 Å². The van der Waals surface area contributed by atoms with E-state index in [0.29, 0.717) is 23.3 Å². The van der Waals surface area contributed by atoms with Crippen molar-refractivity contribution in [2.75, 3.05) is 13.6 Å². The zero-order chi connectivity index (χ0) is 9.97. The fourth-order valence-electron chi connectivity index (χ4n) is 1.17. The van der Waals surface area contributed by atoms with Gasteiger partial charge in [0.05, 0.1) is 6.54 Å². The second kappa shape index (κ2) is 3.55. The van der Waals surface area contributed by atoms with E-state index in [1.807, 2.05) is 0 Å². The Morgan fingerprint density at radius 1 is 1.57 bits per heavy atom. The Balaban J connectivity index is 2.38. The summed E-state index contributed by atoms with van der Waals surface area (Å²) in [6, 6.07) is 1.67. The van der Waals surface area contributed by atoms with E-state index in [0.717, 1.165) is 0 Å². The third-order valence-electron chi connectivity index (χ3n) is 1.85. The molecule has 0 saturated carbocycles. The summed E-state index contributed by atoms with van der Waals surface area (Å²) >= 11 is 0. The maximum Gasteiger partial charge on any atom is 0.246 e. The van der Waals surface area contributed by atoms with E-state index in [-0.39, 0.29) is 5.78 Å². The van der Waals surface area contributed by atoms with E-state index >= 15 is 0 Å². The van der Waals surface area contributed by atoms with Gasteiger partial charge in [-0.05, 0) is 13.1 Å². The first-order valence-corrected chi connectivity index (χ1v) is 4.18. The van der Waals surface area contributed by atoms with E-state index in [4.69, 9.17) is 4.42 Å². The fourth-order valence-corrected chi connectivity index (χ4v) is 1.17. The van der Waals surface area contributed by atoms with Crippen LogP contribution in [-0.2, 0) is 0 Å². The number of aromatic nitrogens is 2. The predicted molar refractivity (Wildman–Crippen MR) is 50.1 cm³/mol. The number of ketones is 1. The summed E-state index contributed by atoms with van der Waals surface area (Å²) in [5.74, 6) is -0.00935. The van der Waals surface area contributed by atoms with Gasteiger partial charge in [0.1, 0.15) is 5.52 Å². The minimum absolute atomic E-state index is 0.00935. The maximum atomic E-state index is 11.4. The van der Waals surface area contributed by atoms with Crippen molar-refractivity contribution in [3.8, 4) is 0 Å². The number of rotatable bonds is 3. The number of pyridine rings is 1. The Kier molecular flexibility index (Phi) is 2.24. The quantitative estimate of drug-likeness (QED) is 0.720. The number of fused-ring (bicyclic) bond motifs is 1. The molecule has 0 aromatic carbocycles. The van der Waals surface area contributed by atoms with Gasteiger partial charge in [0.2, 0.25) is 5.71 Å². The van der Waals surface area contributed by atoms with Crippen LogP contribution in [-0.4, -0.2) is 29.3 Å². The van der Waals surface area contributed by atoms with E-state index in [9.17, 15) is 4.79 Å². The first kappa shape index (κ1) is 8.83. The zero-order valence-electron chi connectivity index (χ0n) is 7.65. The molecule has 0 spiro atoms. The Hall–Kier alpha value is -1.75. The first-order valence-electron chi connectivity index (χ1n) is 4.18. The molecule has 5 nitrogen and oxygen atoms in total. The minimum Gasteiger partial charge on any atom is -0.425 e. The lowest BCUT2D eigenvalue weighted by molar-refractivity contribution is 0.0993. The Bertz CT molecular complexity index is 464. The minimum atomic E-state index is -0.00935. The standard InChI is InChI=1S/C9H9N3O2/c1-10-4-8(13)6-2-7-9(11-3-6)14-5-12-7/h2-3,5,10H,4H2,1H3. The molecule has 0 aliphatic heterocycles. The number of hydrogen-bond donors (Lipinski definition) is 1. The topological polar surface area (TPSA) is 68.0 Å². The molecule has 0 fully saturated rings. The van der Waals surface area contributed by atoms with E-state index < -0.39 is 0 Å². The summed E-state index contributed by atoms with van der Waals surface area (Å²) < 4.78 is 4.96. The molecule has 2 rings (SSSR count). The van der Waals surface area contributed by atoms with Gasteiger partial charge < -0.3 is 9.73 Å². The summed E-state index contributed by atoms with van der Waals surface area (Å²) in [6.45, 7) is 0.297. The Morgan fingerprint density at radius 2 is 2.43 bits per heavy atom. The molecular weight excluding hydrogens is 182 g/mol. The lowest BCUT2D eigenvalue weighted by atomic mass is 10.2.